The molecule has 1 aliphatic rings. The third-order valence-corrected chi connectivity index (χ3v) is 3.40. The van der Waals surface area contributed by atoms with Gasteiger partial charge in [-0.3, -0.25) is 0 Å². The molecule has 2 atom stereocenters. The first-order valence-corrected chi connectivity index (χ1v) is 7.65. The highest BCUT2D eigenvalue weighted by Crippen LogP contribution is 2.19. The molecule has 19 heavy (non-hydrogen) atoms. The Hall–Kier alpha value is -0.770. The molecule has 0 saturated heterocycles. The Kier molecular flexibility index (Phi) is 6.63. The van der Waals surface area contributed by atoms with Gasteiger partial charge in [0.05, 0.1) is 0 Å². The minimum atomic E-state index is -0.427. The quantitative estimate of drug-likeness (QED) is 0.754. The monoisotopic (exact) mass is 270 g/mol. The number of alkyl carbamates (subject to hydrolysis) is 1. The van der Waals surface area contributed by atoms with Crippen LogP contribution in [0.4, 0.5) is 4.79 Å². The zero-order valence-corrected chi connectivity index (χ0v) is 12.9. The third kappa shape index (κ3) is 6.81. The van der Waals surface area contributed by atoms with Gasteiger partial charge in [0.1, 0.15) is 5.60 Å². The molecule has 0 radical (unpaired) electrons. The number of unbranched alkanes of at least 4 members (excludes halogenated alkanes) is 1. The van der Waals surface area contributed by atoms with E-state index in [2.05, 4.69) is 17.6 Å². The molecule has 0 aromatic rings. The van der Waals surface area contributed by atoms with Crippen LogP contribution in [0.2, 0.25) is 0 Å². The summed E-state index contributed by atoms with van der Waals surface area (Å²) in [6.45, 7) is 8.91. The van der Waals surface area contributed by atoms with Crippen LogP contribution >= 0.6 is 0 Å². The van der Waals surface area contributed by atoms with E-state index in [1.807, 2.05) is 20.8 Å². The number of nitrogens with one attached hydrogen (secondary N) is 2. The molecule has 4 nitrogen and oxygen atoms in total. The van der Waals surface area contributed by atoms with Crippen LogP contribution in [0.1, 0.15) is 66.2 Å². The van der Waals surface area contributed by atoms with Crippen LogP contribution < -0.4 is 10.6 Å². The van der Waals surface area contributed by atoms with Crippen LogP contribution in [0.5, 0.6) is 0 Å². The van der Waals surface area contributed by atoms with Gasteiger partial charge in [0.15, 0.2) is 0 Å². The fourth-order valence-electron chi connectivity index (χ4n) is 2.47. The van der Waals surface area contributed by atoms with Crippen molar-refractivity contribution in [2.45, 2.75) is 83.9 Å². The first-order valence-electron chi connectivity index (χ1n) is 7.65. The highest BCUT2D eigenvalue weighted by Gasteiger charge is 2.27. The van der Waals surface area contributed by atoms with E-state index in [1.54, 1.807) is 0 Å². The normalized spacial score (nSPS) is 24.0. The van der Waals surface area contributed by atoms with Gasteiger partial charge in [-0.25, -0.2) is 4.79 Å². The number of hydrogen-bond donors (Lipinski definition) is 2. The Morgan fingerprint density at radius 1 is 1.21 bits per heavy atom. The van der Waals surface area contributed by atoms with Gasteiger partial charge in [-0.2, -0.15) is 0 Å². The lowest BCUT2D eigenvalue weighted by molar-refractivity contribution is 0.0479. The lowest BCUT2D eigenvalue weighted by Crippen LogP contribution is -2.52. The summed E-state index contributed by atoms with van der Waals surface area (Å²) < 4.78 is 5.34. The predicted octanol–water partition coefficient (Wildman–Crippen LogP) is 3.21. The van der Waals surface area contributed by atoms with Crippen molar-refractivity contribution in [3.05, 3.63) is 0 Å². The summed E-state index contributed by atoms with van der Waals surface area (Å²) in [6, 6.07) is 0.605. The van der Waals surface area contributed by atoms with Gasteiger partial charge in [-0.05, 0) is 46.6 Å². The molecule has 0 spiro atoms. The Bertz CT molecular complexity index is 274. The van der Waals surface area contributed by atoms with Gasteiger partial charge in [0.2, 0.25) is 0 Å². The van der Waals surface area contributed by atoms with Crippen molar-refractivity contribution in [3.8, 4) is 0 Å². The Morgan fingerprint density at radius 3 is 2.42 bits per heavy atom. The molecule has 0 aromatic heterocycles. The van der Waals surface area contributed by atoms with Gasteiger partial charge >= 0.3 is 6.09 Å². The van der Waals surface area contributed by atoms with Gasteiger partial charge in [-0.1, -0.05) is 26.2 Å². The van der Waals surface area contributed by atoms with E-state index in [-0.39, 0.29) is 12.1 Å². The fourth-order valence-corrected chi connectivity index (χ4v) is 2.47. The van der Waals surface area contributed by atoms with Crippen LogP contribution in [0.3, 0.4) is 0 Å². The van der Waals surface area contributed by atoms with Crippen LogP contribution in [-0.4, -0.2) is 30.3 Å². The van der Waals surface area contributed by atoms with E-state index in [0.717, 1.165) is 19.4 Å². The molecule has 0 heterocycles. The summed E-state index contributed by atoms with van der Waals surface area (Å²) in [4.78, 5) is 11.8. The molecule has 0 aliphatic heterocycles. The smallest absolute Gasteiger partial charge is 0.407 e. The maximum absolute atomic E-state index is 11.8. The molecule has 1 amide bonds. The number of hydrogen-bond acceptors (Lipinski definition) is 3. The molecule has 0 unspecified atom stereocenters. The summed E-state index contributed by atoms with van der Waals surface area (Å²) in [5, 5.41) is 6.60. The largest absolute Gasteiger partial charge is 0.444 e. The Morgan fingerprint density at radius 2 is 1.84 bits per heavy atom. The lowest BCUT2D eigenvalue weighted by Gasteiger charge is -2.33. The maximum atomic E-state index is 11.8. The van der Waals surface area contributed by atoms with Gasteiger partial charge in [-0.15, -0.1) is 0 Å². The highest BCUT2D eigenvalue weighted by molar-refractivity contribution is 5.68. The summed E-state index contributed by atoms with van der Waals surface area (Å²) in [5.74, 6) is 0. The molecule has 0 aromatic carbocycles. The number of amides is 1. The van der Waals surface area contributed by atoms with Gasteiger partial charge < -0.3 is 15.4 Å². The molecule has 1 rings (SSSR count). The van der Waals surface area contributed by atoms with E-state index in [9.17, 15) is 4.79 Å². The van der Waals surface area contributed by atoms with Crippen molar-refractivity contribution in [2.24, 2.45) is 0 Å². The Labute approximate surface area is 117 Å². The van der Waals surface area contributed by atoms with E-state index in [1.165, 1.54) is 25.7 Å². The summed E-state index contributed by atoms with van der Waals surface area (Å²) in [6.07, 6.45) is 6.72. The minimum Gasteiger partial charge on any atom is -0.444 e. The number of ether oxygens (including phenoxy) is 1. The molecule has 0 bridgehead atoms. The molecule has 1 fully saturated rings. The molecule has 4 heteroatoms. The Balaban J connectivity index is 2.41. The topological polar surface area (TPSA) is 50.4 Å². The summed E-state index contributed by atoms with van der Waals surface area (Å²) in [7, 11) is 0. The SMILES string of the molecule is CCCCN[C@@H]1CCCC[C@H]1NC(=O)OC(C)(C)C. The zero-order valence-electron chi connectivity index (χ0n) is 12.9. The fraction of sp³-hybridized carbons (Fsp3) is 0.933. The second kappa shape index (κ2) is 7.73. The number of carbonyl (C=O) groups is 1. The van der Waals surface area contributed by atoms with Crippen molar-refractivity contribution >= 4 is 6.09 Å². The molecule has 2 N–H and O–H groups in total. The van der Waals surface area contributed by atoms with Crippen molar-refractivity contribution in [1.82, 2.24) is 10.6 Å². The summed E-state index contributed by atoms with van der Waals surface area (Å²) >= 11 is 0. The standard InChI is InChI=1S/C15H30N2O2/c1-5-6-11-16-12-9-7-8-10-13(12)17-14(18)19-15(2,3)4/h12-13,16H,5-11H2,1-4H3,(H,17,18)/t12-,13-/m1/s1. The van der Waals surface area contributed by atoms with Crippen molar-refractivity contribution in [1.29, 1.82) is 0 Å². The number of rotatable bonds is 5. The molecular weight excluding hydrogens is 240 g/mol. The van der Waals surface area contributed by atoms with Crippen molar-refractivity contribution in [3.63, 3.8) is 0 Å². The van der Waals surface area contributed by atoms with Crippen molar-refractivity contribution < 1.29 is 9.53 Å². The van der Waals surface area contributed by atoms with Crippen LogP contribution in [0, 0.1) is 0 Å². The predicted molar refractivity (Wildman–Crippen MR) is 78.3 cm³/mol. The van der Waals surface area contributed by atoms with Crippen LogP contribution in [0.25, 0.3) is 0 Å². The first-order chi connectivity index (χ1) is 8.92. The molecule has 1 aliphatic carbocycles. The summed E-state index contributed by atoms with van der Waals surface area (Å²) in [5.41, 5.74) is -0.427. The van der Waals surface area contributed by atoms with Crippen LogP contribution in [-0.2, 0) is 4.74 Å². The average molecular weight is 270 g/mol. The molecular formula is C15H30N2O2. The van der Waals surface area contributed by atoms with E-state index >= 15 is 0 Å². The highest BCUT2D eigenvalue weighted by atomic mass is 16.6. The number of carbonyl (C=O) groups excluding carboxylic acids is 1. The minimum absolute atomic E-state index is 0.209. The van der Waals surface area contributed by atoms with E-state index in [4.69, 9.17) is 4.74 Å². The lowest BCUT2D eigenvalue weighted by atomic mass is 9.90. The second-order valence-corrected chi connectivity index (χ2v) is 6.45. The third-order valence-electron chi connectivity index (χ3n) is 3.40. The van der Waals surface area contributed by atoms with E-state index in [0.29, 0.717) is 6.04 Å². The van der Waals surface area contributed by atoms with Gasteiger partial charge in [0, 0.05) is 12.1 Å². The van der Waals surface area contributed by atoms with E-state index < -0.39 is 5.60 Å². The van der Waals surface area contributed by atoms with Gasteiger partial charge in [0.25, 0.3) is 0 Å². The first kappa shape index (κ1) is 16.3. The molecule has 112 valence electrons. The van der Waals surface area contributed by atoms with Crippen molar-refractivity contribution in [2.75, 3.05) is 6.54 Å². The zero-order chi connectivity index (χ0) is 14.3. The second-order valence-electron chi connectivity index (χ2n) is 6.45. The maximum Gasteiger partial charge on any atom is 0.407 e. The average Bonchev–Trinajstić information content (AvgIpc) is 2.29. The molecule has 1 saturated carbocycles. The van der Waals surface area contributed by atoms with Crippen LogP contribution in [0.15, 0.2) is 0 Å².